The summed E-state index contributed by atoms with van der Waals surface area (Å²) in [6, 6.07) is 7.20. The summed E-state index contributed by atoms with van der Waals surface area (Å²) in [6.45, 7) is -0.770. The van der Waals surface area contributed by atoms with Gasteiger partial charge in [0.15, 0.2) is 0 Å². The summed E-state index contributed by atoms with van der Waals surface area (Å²) in [4.78, 5) is 21.8. The molecular weight excluding hydrogens is 383 g/mol. The highest BCUT2D eigenvalue weighted by molar-refractivity contribution is 7.92. The fourth-order valence-corrected chi connectivity index (χ4v) is 3.61. The second-order valence-electron chi connectivity index (χ2n) is 5.15. The molecule has 144 valence electrons. The third kappa shape index (κ3) is 4.31. The number of hydrogen-bond acceptors (Lipinski definition) is 7. The summed E-state index contributed by atoms with van der Waals surface area (Å²) in [5.41, 5.74) is -0.642. The van der Waals surface area contributed by atoms with Crippen molar-refractivity contribution >= 4 is 27.4 Å². The molecule has 2 aromatic carbocycles. The number of nitro benzene ring substituents is 1. The maximum Gasteiger partial charge on any atom is 0.326 e. The fourth-order valence-electron chi connectivity index (χ4n) is 2.20. The van der Waals surface area contributed by atoms with Crippen molar-refractivity contribution in [3.63, 3.8) is 0 Å². The fraction of sp³-hybridized carbons (Fsp3) is 0.188. The van der Waals surface area contributed by atoms with E-state index in [9.17, 15) is 27.7 Å². The van der Waals surface area contributed by atoms with Crippen LogP contribution >= 0.6 is 0 Å². The van der Waals surface area contributed by atoms with E-state index in [0.717, 1.165) is 43.5 Å². The van der Waals surface area contributed by atoms with Crippen molar-refractivity contribution < 1.29 is 32.0 Å². The minimum Gasteiger partial charge on any atom is -0.495 e. The number of carbonyl (C=O) groups is 1. The van der Waals surface area contributed by atoms with E-state index >= 15 is 0 Å². The van der Waals surface area contributed by atoms with Crippen LogP contribution in [-0.4, -0.2) is 40.1 Å². The molecule has 0 unspecified atom stereocenters. The van der Waals surface area contributed by atoms with Crippen LogP contribution < -0.4 is 9.04 Å². The molecule has 0 radical (unpaired) electrons. The molecule has 2 aromatic rings. The lowest BCUT2D eigenvalue weighted by Crippen LogP contribution is -2.36. The molecule has 0 fully saturated rings. The van der Waals surface area contributed by atoms with Crippen LogP contribution in [0.5, 0.6) is 5.75 Å². The maximum atomic E-state index is 13.1. The van der Waals surface area contributed by atoms with Gasteiger partial charge >= 0.3 is 5.97 Å². The molecule has 0 amide bonds. The van der Waals surface area contributed by atoms with E-state index in [1.54, 1.807) is 0 Å². The summed E-state index contributed by atoms with van der Waals surface area (Å²) in [7, 11) is -2.08. The van der Waals surface area contributed by atoms with Gasteiger partial charge in [-0.25, -0.2) is 12.8 Å². The number of carbonyl (C=O) groups excluding carboxylic acids is 1. The van der Waals surface area contributed by atoms with Crippen molar-refractivity contribution in [2.24, 2.45) is 0 Å². The quantitative estimate of drug-likeness (QED) is 0.398. The van der Waals surface area contributed by atoms with E-state index in [1.165, 1.54) is 13.2 Å². The first-order valence-corrected chi connectivity index (χ1v) is 8.82. The van der Waals surface area contributed by atoms with Gasteiger partial charge in [-0.2, -0.15) is 0 Å². The van der Waals surface area contributed by atoms with Gasteiger partial charge in [-0.1, -0.05) is 0 Å². The number of nitrogens with zero attached hydrogens (tertiary/aromatic N) is 2. The molecule has 0 spiro atoms. The van der Waals surface area contributed by atoms with Gasteiger partial charge in [0.25, 0.3) is 15.7 Å². The Morgan fingerprint density at radius 3 is 2.33 bits per heavy atom. The average molecular weight is 398 g/mol. The minimum atomic E-state index is -4.39. The predicted molar refractivity (Wildman–Crippen MR) is 92.6 cm³/mol. The van der Waals surface area contributed by atoms with Crippen LogP contribution in [0.15, 0.2) is 47.4 Å². The molecule has 0 aliphatic carbocycles. The molecule has 0 heterocycles. The predicted octanol–water partition coefficient (Wildman–Crippen LogP) is 2.11. The molecule has 0 bridgehead atoms. The van der Waals surface area contributed by atoms with Gasteiger partial charge in [0.2, 0.25) is 0 Å². The van der Waals surface area contributed by atoms with Gasteiger partial charge in [-0.15, -0.1) is 0 Å². The van der Waals surface area contributed by atoms with Crippen LogP contribution in [0.3, 0.4) is 0 Å². The summed E-state index contributed by atoms with van der Waals surface area (Å²) < 4.78 is 49.4. The molecule has 0 N–H and O–H groups in total. The number of sulfonamides is 1. The van der Waals surface area contributed by atoms with Crippen LogP contribution in [-0.2, 0) is 19.6 Å². The zero-order chi connectivity index (χ0) is 20.2. The Labute approximate surface area is 154 Å². The largest absolute Gasteiger partial charge is 0.495 e. The van der Waals surface area contributed by atoms with Gasteiger partial charge in [0.05, 0.1) is 24.0 Å². The second kappa shape index (κ2) is 7.99. The molecular formula is C16H15FN2O7S. The number of esters is 1. The molecule has 11 heteroatoms. The summed E-state index contributed by atoms with van der Waals surface area (Å²) in [5, 5.41) is 11.1. The van der Waals surface area contributed by atoms with Crippen molar-refractivity contribution in [2.45, 2.75) is 4.90 Å². The van der Waals surface area contributed by atoms with E-state index in [0.29, 0.717) is 4.31 Å². The van der Waals surface area contributed by atoms with Crippen LogP contribution in [0.1, 0.15) is 0 Å². The number of hydrogen-bond donors (Lipinski definition) is 0. The van der Waals surface area contributed by atoms with Crippen molar-refractivity contribution in [2.75, 3.05) is 25.1 Å². The lowest BCUT2D eigenvalue weighted by molar-refractivity contribution is -0.384. The van der Waals surface area contributed by atoms with E-state index < -0.39 is 39.0 Å². The first kappa shape index (κ1) is 20.1. The molecule has 2 rings (SSSR count). The van der Waals surface area contributed by atoms with Crippen LogP contribution in [0.25, 0.3) is 0 Å². The Kier molecular flexibility index (Phi) is 5.95. The van der Waals surface area contributed by atoms with Gasteiger partial charge < -0.3 is 9.47 Å². The number of nitro groups is 1. The smallest absolute Gasteiger partial charge is 0.326 e. The van der Waals surface area contributed by atoms with Crippen molar-refractivity contribution in [1.29, 1.82) is 0 Å². The lowest BCUT2D eigenvalue weighted by atomic mass is 10.2. The van der Waals surface area contributed by atoms with E-state index in [2.05, 4.69) is 4.74 Å². The van der Waals surface area contributed by atoms with Crippen LogP contribution in [0, 0.1) is 15.9 Å². The third-order valence-corrected chi connectivity index (χ3v) is 5.32. The summed E-state index contributed by atoms with van der Waals surface area (Å²) in [6.07, 6.45) is 0. The highest BCUT2D eigenvalue weighted by atomic mass is 32.2. The topological polar surface area (TPSA) is 116 Å². The van der Waals surface area contributed by atoms with Crippen molar-refractivity contribution in [1.82, 2.24) is 0 Å². The standard InChI is InChI=1S/C16H15FN2O7S/c1-25-15-8-5-12(19(21)22)9-14(15)18(10-16(20)26-2)27(23,24)13-6-3-11(17)4-7-13/h3-9H,10H2,1-2H3. The zero-order valence-electron chi connectivity index (χ0n) is 14.3. The van der Waals surface area contributed by atoms with E-state index in [-0.39, 0.29) is 16.3 Å². The summed E-state index contributed by atoms with van der Waals surface area (Å²) in [5.74, 6) is -1.58. The number of benzene rings is 2. The van der Waals surface area contributed by atoms with Gasteiger partial charge in [-0.3, -0.25) is 19.2 Å². The van der Waals surface area contributed by atoms with E-state index in [1.807, 2.05) is 0 Å². The zero-order valence-corrected chi connectivity index (χ0v) is 15.1. The summed E-state index contributed by atoms with van der Waals surface area (Å²) >= 11 is 0. The molecule has 27 heavy (non-hydrogen) atoms. The van der Waals surface area contributed by atoms with Gasteiger partial charge in [0.1, 0.15) is 23.8 Å². The molecule has 0 aliphatic heterocycles. The highest BCUT2D eigenvalue weighted by Gasteiger charge is 2.31. The first-order chi connectivity index (χ1) is 12.7. The molecule has 0 aliphatic rings. The van der Waals surface area contributed by atoms with Crippen LogP contribution in [0.2, 0.25) is 0 Å². The molecule has 0 saturated heterocycles. The number of ether oxygens (including phenoxy) is 2. The normalized spacial score (nSPS) is 10.9. The van der Waals surface area contributed by atoms with Gasteiger partial charge in [-0.05, 0) is 30.3 Å². The second-order valence-corrected chi connectivity index (χ2v) is 7.02. The van der Waals surface area contributed by atoms with Gasteiger partial charge in [0, 0.05) is 12.1 Å². The van der Waals surface area contributed by atoms with Crippen molar-refractivity contribution in [3.05, 3.63) is 58.4 Å². The highest BCUT2D eigenvalue weighted by Crippen LogP contribution is 2.35. The maximum absolute atomic E-state index is 13.1. The van der Waals surface area contributed by atoms with Crippen LogP contribution in [0.4, 0.5) is 15.8 Å². The number of non-ortho nitro benzene ring substituents is 1. The Hall–Kier alpha value is -3.21. The minimum absolute atomic E-state index is 0.0183. The molecule has 0 saturated carbocycles. The Morgan fingerprint density at radius 1 is 1.19 bits per heavy atom. The van der Waals surface area contributed by atoms with Crippen molar-refractivity contribution in [3.8, 4) is 5.75 Å². The lowest BCUT2D eigenvalue weighted by Gasteiger charge is -2.24. The Morgan fingerprint density at radius 2 is 1.81 bits per heavy atom. The first-order valence-electron chi connectivity index (χ1n) is 7.38. The number of methoxy groups -OCH3 is 2. The monoisotopic (exact) mass is 398 g/mol. The average Bonchev–Trinajstić information content (AvgIpc) is 2.65. The van der Waals surface area contributed by atoms with E-state index in [4.69, 9.17) is 4.74 Å². The number of anilines is 1. The number of rotatable bonds is 7. The molecule has 9 nitrogen and oxygen atoms in total. The number of halogens is 1. The third-order valence-electron chi connectivity index (χ3n) is 3.54. The SMILES string of the molecule is COC(=O)CN(c1cc([N+](=O)[O-])ccc1OC)S(=O)(=O)c1ccc(F)cc1. The molecule has 0 atom stereocenters. The molecule has 0 aromatic heterocycles. The Balaban J connectivity index is 2.68. The Bertz CT molecular complexity index is 961.